The third kappa shape index (κ3) is 2.88. The van der Waals surface area contributed by atoms with Crippen LogP contribution in [0.25, 0.3) is 10.9 Å². The summed E-state index contributed by atoms with van der Waals surface area (Å²) in [6, 6.07) is 14.2. The van der Waals surface area contributed by atoms with Gasteiger partial charge in [-0.25, -0.2) is 0 Å². The molecule has 0 aliphatic heterocycles. The molecule has 1 heterocycles. The number of fused-ring (bicyclic) bond motifs is 1. The van der Waals surface area contributed by atoms with E-state index < -0.39 is 0 Å². The van der Waals surface area contributed by atoms with Crippen LogP contribution in [-0.2, 0) is 0 Å². The molecule has 0 aliphatic rings. The number of aryl methyl sites for hydroxylation is 2. The van der Waals surface area contributed by atoms with Gasteiger partial charge in [-0.1, -0.05) is 24.3 Å². The molecule has 0 radical (unpaired) electrons. The van der Waals surface area contributed by atoms with Gasteiger partial charge in [0.2, 0.25) is 0 Å². The molecule has 21 heavy (non-hydrogen) atoms. The SMILES string of the molecule is Cc1ccc(SCC(=O)c2c[nH]c3ccccc23)cc1C. The van der Waals surface area contributed by atoms with Crippen molar-refractivity contribution < 1.29 is 4.79 Å². The molecule has 0 saturated heterocycles. The summed E-state index contributed by atoms with van der Waals surface area (Å²) in [6.45, 7) is 4.20. The largest absolute Gasteiger partial charge is 0.360 e. The Morgan fingerprint density at radius 1 is 1.10 bits per heavy atom. The number of hydrogen-bond acceptors (Lipinski definition) is 2. The highest BCUT2D eigenvalue weighted by Gasteiger charge is 2.12. The van der Waals surface area contributed by atoms with E-state index in [4.69, 9.17) is 0 Å². The Hall–Kier alpha value is -2.00. The van der Waals surface area contributed by atoms with Gasteiger partial charge in [-0.2, -0.15) is 0 Å². The van der Waals surface area contributed by atoms with Crippen molar-refractivity contribution in [1.82, 2.24) is 4.98 Å². The van der Waals surface area contributed by atoms with E-state index in [2.05, 4.69) is 37.0 Å². The van der Waals surface area contributed by atoms with E-state index in [1.54, 1.807) is 11.8 Å². The topological polar surface area (TPSA) is 32.9 Å². The number of hydrogen-bond donors (Lipinski definition) is 1. The summed E-state index contributed by atoms with van der Waals surface area (Å²) in [4.78, 5) is 16.7. The number of Topliss-reactive ketones (excluding diaryl/α,β-unsaturated/α-hetero) is 1. The monoisotopic (exact) mass is 295 g/mol. The second-order valence-corrected chi connectivity index (χ2v) is 6.25. The number of aromatic amines is 1. The number of aromatic nitrogens is 1. The first-order valence-corrected chi connectivity index (χ1v) is 7.93. The van der Waals surface area contributed by atoms with Crippen LogP contribution in [0.1, 0.15) is 21.5 Å². The van der Waals surface area contributed by atoms with Crippen molar-refractivity contribution in [2.75, 3.05) is 5.75 Å². The molecule has 0 fully saturated rings. The van der Waals surface area contributed by atoms with E-state index in [-0.39, 0.29) is 5.78 Å². The van der Waals surface area contributed by atoms with E-state index >= 15 is 0 Å². The lowest BCUT2D eigenvalue weighted by Crippen LogP contribution is -2.01. The van der Waals surface area contributed by atoms with Gasteiger partial charge in [0.1, 0.15) is 0 Å². The highest BCUT2D eigenvalue weighted by atomic mass is 32.2. The number of carbonyl (C=O) groups excluding carboxylic acids is 1. The van der Waals surface area contributed by atoms with Crippen LogP contribution in [0.5, 0.6) is 0 Å². The summed E-state index contributed by atoms with van der Waals surface area (Å²) in [5.41, 5.74) is 4.33. The molecule has 0 unspecified atom stereocenters. The number of para-hydroxylation sites is 1. The van der Waals surface area contributed by atoms with Crippen molar-refractivity contribution in [2.45, 2.75) is 18.7 Å². The predicted octanol–water partition coefficient (Wildman–Crippen LogP) is 4.76. The summed E-state index contributed by atoms with van der Waals surface area (Å²) in [5, 5.41) is 1.00. The van der Waals surface area contributed by atoms with Gasteiger partial charge in [-0.3, -0.25) is 4.79 Å². The fourth-order valence-electron chi connectivity index (χ4n) is 2.33. The van der Waals surface area contributed by atoms with Crippen molar-refractivity contribution >= 4 is 28.4 Å². The van der Waals surface area contributed by atoms with Gasteiger partial charge in [0.05, 0.1) is 5.75 Å². The number of H-pyrrole nitrogens is 1. The van der Waals surface area contributed by atoms with Gasteiger partial charge in [0, 0.05) is 27.6 Å². The lowest BCUT2D eigenvalue weighted by Gasteiger charge is -2.04. The Labute approximate surface area is 128 Å². The summed E-state index contributed by atoms with van der Waals surface area (Å²) < 4.78 is 0. The first-order valence-electron chi connectivity index (χ1n) is 6.94. The molecule has 3 aromatic rings. The summed E-state index contributed by atoms with van der Waals surface area (Å²) >= 11 is 1.59. The van der Waals surface area contributed by atoms with Crippen LogP contribution < -0.4 is 0 Å². The molecule has 106 valence electrons. The number of nitrogens with one attached hydrogen (secondary N) is 1. The minimum Gasteiger partial charge on any atom is -0.360 e. The lowest BCUT2D eigenvalue weighted by molar-refractivity contribution is 0.102. The van der Waals surface area contributed by atoms with Crippen molar-refractivity contribution in [3.8, 4) is 0 Å². The highest BCUT2D eigenvalue weighted by Crippen LogP contribution is 2.24. The van der Waals surface area contributed by atoms with Gasteiger partial charge in [-0.05, 0) is 43.2 Å². The van der Waals surface area contributed by atoms with Crippen molar-refractivity contribution in [3.63, 3.8) is 0 Å². The van der Waals surface area contributed by atoms with Crippen LogP contribution in [0.15, 0.2) is 53.6 Å². The van der Waals surface area contributed by atoms with E-state index in [1.807, 2.05) is 30.5 Å². The third-order valence-electron chi connectivity index (χ3n) is 3.74. The Morgan fingerprint density at radius 3 is 2.71 bits per heavy atom. The van der Waals surface area contributed by atoms with E-state index in [1.165, 1.54) is 11.1 Å². The van der Waals surface area contributed by atoms with Gasteiger partial charge in [0.15, 0.2) is 5.78 Å². The fraction of sp³-hybridized carbons (Fsp3) is 0.167. The molecule has 0 spiro atoms. The predicted molar refractivity (Wildman–Crippen MR) is 89.3 cm³/mol. The average Bonchev–Trinajstić information content (AvgIpc) is 2.92. The summed E-state index contributed by atoms with van der Waals surface area (Å²) in [6.07, 6.45) is 1.81. The highest BCUT2D eigenvalue weighted by molar-refractivity contribution is 8.00. The zero-order chi connectivity index (χ0) is 14.8. The van der Waals surface area contributed by atoms with E-state index in [0.29, 0.717) is 5.75 Å². The van der Waals surface area contributed by atoms with Gasteiger partial charge in [0.25, 0.3) is 0 Å². The Morgan fingerprint density at radius 2 is 1.90 bits per heavy atom. The Kier molecular flexibility index (Phi) is 3.84. The van der Waals surface area contributed by atoms with Gasteiger partial charge in [-0.15, -0.1) is 11.8 Å². The second-order valence-electron chi connectivity index (χ2n) is 5.21. The van der Waals surface area contributed by atoms with Crippen LogP contribution in [0.4, 0.5) is 0 Å². The van der Waals surface area contributed by atoms with Crippen LogP contribution in [0.2, 0.25) is 0 Å². The maximum Gasteiger partial charge on any atom is 0.175 e. The van der Waals surface area contributed by atoms with Gasteiger partial charge >= 0.3 is 0 Å². The zero-order valence-electron chi connectivity index (χ0n) is 12.1. The third-order valence-corrected chi connectivity index (χ3v) is 4.73. The molecule has 0 bridgehead atoms. The Balaban J connectivity index is 1.76. The number of thioether (sulfide) groups is 1. The average molecular weight is 295 g/mol. The number of benzene rings is 2. The van der Waals surface area contributed by atoms with Crippen LogP contribution in [0, 0.1) is 13.8 Å². The first-order chi connectivity index (χ1) is 10.1. The quantitative estimate of drug-likeness (QED) is 0.556. The molecule has 0 saturated carbocycles. The molecule has 1 N–H and O–H groups in total. The summed E-state index contributed by atoms with van der Waals surface area (Å²) in [5.74, 6) is 0.625. The number of rotatable bonds is 4. The van der Waals surface area contributed by atoms with Gasteiger partial charge < -0.3 is 4.98 Å². The molecule has 0 amide bonds. The molecular weight excluding hydrogens is 278 g/mol. The van der Waals surface area contributed by atoms with Crippen LogP contribution in [0.3, 0.4) is 0 Å². The molecule has 0 atom stereocenters. The minimum atomic E-state index is 0.163. The molecule has 2 nitrogen and oxygen atoms in total. The van der Waals surface area contributed by atoms with Crippen molar-refractivity contribution in [3.05, 3.63) is 65.4 Å². The van der Waals surface area contributed by atoms with Crippen LogP contribution >= 0.6 is 11.8 Å². The molecule has 3 heteroatoms. The fourth-order valence-corrected chi connectivity index (χ4v) is 3.21. The minimum absolute atomic E-state index is 0.163. The number of ketones is 1. The molecule has 0 aliphatic carbocycles. The van der Waals surface area contributed by atoms with Crippen molar-refractivity contribution in [1.29, 1.82) is 0 Å². The number of carbonyl (C=O) groups is 1. The second kappa shape index (κ2) is 5.78. The van der Waals surface area contributed by atoms with E-state index in [9.17, 15) is 4.79 Å². The standard InChI is InChI=1S/C18H17NOS/c1-12-7-8-14(9-13(12)2)21-11-18(20)16-10-19-17-6-4-3-5-15(16)17/h3-10,19H,11H2,1-2H3. The molecular formula is C18H17NOS. The summed E-state index contributed by atoms with van der Waals surface area (Å²) in [7, 11) is 0. The maximum atomic E-state index is 12.4. The first kappa shape index (κ1) is 14.0. The van der Waals surface area contributed by atoms with Crippen LogP contribution in [-0.4, -0.2) is 16.5 Å². The Bertz CT molecular complexity index is 804. The molecule has 3 rings (SSSR count). The molecule has 2 aromatic carbocycles. The molecule has 1 aromatic heterocycles. The maximum absolute atomic E-state index is 12.4. The lowest BCUT2D eigenvalue weighted by atomic mass is 10.1. The van der Waals surface area contributed by atoms with Crippen molar-refractivity contribution in [2.24, 2.45) is 0 Å². The smallest absolute Gasteiger partial charge is 0.175 e. The normalized spacial score (nSPS) is 11.0. The zero-order valence-corrected chi connectivity index (χ0v) is 13.0. The van der Waals surface area contributed by atoms with E-state index in [0.717, 1.165) is 21.4 Å².